The van der Waals surface area contributed by atoms with Crippen LogP contribution in [0.2, 0.25) is 5.02 Å². The number of cyclic esters (lactones) is 1. The van der Waals surface area contributed by atoms with Crippen LogP contribution in [0.25, 0.3) is 6.08 Å². The molecule has 2 aromatic carbocycles. The predicted octanol–water partition coefficient (Wildman–Crippen LogP) is 4.87. The van der Waals surface area contributed by atoms with Gasteiger partial charge in [0, 0.05) is 5.56 Å². The summed E-state index contributed by atoms with van der Waals surface area (Å²) < 4.78 is 29.3. The molecule has 5 nitrogen and oxygen atoms in total. The summed E-state index contributed by atoms with van der Waals surface area (Å²) in [7, 11) is 1.51. The Labute approximate surface area is 167 Å². The summed E-state index contributed by atoms with van der Waals surface area (Å²) in [5.41, 5.74) is 1.22. The van der Waals surface area contributed by atoms with Crippen LogP contribution >= 0.6 is 11.6 Å². The van der Waals surface area contributed by atoms with E-state index in [-0.39, 0.29) is 17.4 Å². The second-order valence-corrected chi connectivity index (χ2v) is 6.99. The van der Waals surface area contributed by atoms with Crippen LogP contribution in [-0.2, 0) is 9.53 Å². The van der Waals surface area contributed by atoms with Crippen molar-refractivity contribution in [3.05, 3.63) is 64.1 Å². The lowest BCUT2D eigenvalue weighted by molar-refractivity contribution is -0.129. The third kappa shape index (κ3) is 4.51. The Hall–Kier alpha value is -2.86. The van der Waals surface area contributed by atoms with Crippen LogP contribution < -0.4 is 9.47 Å². The third-order valence-electron chi connectivity index (χ3n) is 3.83. The van der Waals surface area contributed by atoms with Gasteiger partial charge in [-0.15, -0.1) is 0 Å². The van der Waals surface area contributed by atoms with E-state index < -0.39 is 5.97 Å². The average Bonchev–Trinajstić information content (AvgIpc) is 3.01. The quantitative estimate of drug-likeness (QED) is 0.510. The van der Waals surface area contributed by atoms with Crippen LogP contribution in [-0.4, -0.2) is 25.6 Å². The number of ether oxygens (including phenoxy) is 3. The van der Waals surface area contributed by atoms with Crippen molar-refractivity contribution in [2.24, 2.45) is 10.9 Å². The monoisotopic (exact) mass is 403 g/mol. The number of halogens is 2. The summed E-state index contributed by atoms with van der Waals surface area (Å²) in [5.74, 6) is 0.361. The van der Waals surface area contributed by atoms with E-state index in [0.717, 1.165) is 0 Å². The molecule has 0 saturated heterocycles. The van der Waals surface area contributed by atoms with Crippen LogP contribution in [0.4, 0.5) is 4.39 Å². The number of rotatable bonds is 6. The molecule has 0 unspecified atom stereocenters. The van der Waals surface area contributed by atoms with E-state index in [2.05, 4.69) is 4.99 Å². The molecule has 0 saturated carbocycles. The second kappa shape index (κ2) is 8.44. The molecule has 0 bridgehead atoms. The predicted molar refractivity (Wildman–Crippen MR) is 105 cm³/mol. The van der Waals surface area contributed by atoms with Gasteiger partial charge in [-0.3, -0.25) is 0 Å². The Bertz CT molecular complexity index is 952. The molecule has 2 aromatic rings. The van der Waals surface area contributed by atoms with Gasteiger partial charge in [0.1, 0.15) is 5.82 Å². The summed E-state index contributed by atoms with van der Waals surface area (Å²) in [6.07, 6.45) is 1.54. The zero-order chi connectivity index (χ0) is 20.3. The molecule has 0 spiro atoms. The number of hydrogen-bond donors (Lipinski definition) is 0. The largest absolute Gasteiger partial charge is 0.493 e. The molecular weight excluding hydrogens is 385 g/mol. The van der Waals surface area contributed by atoms with Crippen LogP contribution in [0.15, 0.2) is 47.1 Å². The first-order valence-corrected chi connectivity index (χ1v) is 9.04. The Morgan fingerprint density at radius 2 is 1.96 bits per heavy atom. The van der Waals surface area contributed by atoms with Crippen molar-refractivity contribution in [2.75, 3.05) is 13.7 Å². The maximum atomic E-state index is 13.1. The van der Waals surface area contributed by atoms with Crippen molar-refractivity contribution >= 4 is 29.5 Å². The first-order chi connectivity index (χ1) is 13.4. The van der Waals surface area contributed by atoms with Crippen LogP contribution in [0.5, 0.6) is 11.5 Å². The van der Waals surface area contributed by atoms with E-state index in [1.54, 1.807) is 18.2 Å². The van der Waals surface area contributed by atoms with Crippen molar-refractivity contribution < 1.29 is 23.4 Å². The number of methoxy groups -OCH3 is 1. The van der Waals surface area contributed by atoms with Crippen molar-refractivity contribution in [3.63, 3.8) is 0 Å². The summed E-state index contributed by atoms with van der Waals surface area (Å²) >= 11 is 6.34. The Kier molecular flexibility index (Phi) is 5.99. The fourth-order valence-corrected chi connectivity index (χ4v) is 2.77. The highest BCUT2D eigenvalue weighted by molar-refractivity contribution is 6.32. The van der Waals surface area contributed by atoms with Gasteiger partial charge in [0.05, 0.1) is 18.7 Å². The lowest BCUT2D eigenvalue weighted by atomic mass is 10.1. The number of hydrogen-bond acceptors (Lipinski definition) is 5. The van der Waals surface area contributed by atoms with Gasteiger partial charge < -0.3 is 14.2 Å². The molecule has 1 heterocycles. The molecule has 1 aliphatic rings. The molecule has 0 radical (unpaired) electrons. The molecule has 0 N–H and O–H groups in total. The van der Waals surface area contributed by atoms with Crippen LogP contribution in [0, 0.1) is 11.7 Å². The first-order valence-electron chi connectivity index (χ1n) is 8.66. The molecule has 28 heavy (non-hydrogen) atoms. The average molecular weight is 404 g/mol. The standard InChI is InChI=1S/C21H19ClFNO4/c1-12(2)11-27-19-16(22)8-13(10-18(19)26-3)9-17-21(25)28-20(24-17)14-4-6-15(23)7-5-14/h4-10,12H,11H2,1-3H3/b17-9-. The molecular formula is C21H19ClFNO4. The minimum absolute atomic E-state index is 0.105. The number of nitrogens with zero attached hydrogens (tertiary/aromatic N) is 1. The lowest BCUT2D eigenvalue weighted by Gasteiger charge is -2.14. The van der Waals surface area contributed by atoms with Gasteiger partial charge in [-0.25, -0.2) is 14.2 Å². The Morgan fingerprint density at radius 1 is 1.25 bits per heavy atom. The number of carbonyl (C=O) groups excluding carboxylic acids is 1. The highest BCUT2D eigenvalue weighted by Gasteiger charge is 2.24. The van der Waals surface area contributed by atoms with E-state index in [1.165, 1.54) is 31.4 Å². The maximum Gasteiger partial charge on any atom is 0.363 e. The van der Waals surface area contributed by atoms with Crippen LogP contribution in [0.1, 0.15) is 25.0 Å². The van der Waals surface area contributed by atoms with Crippen molar-refractivity contribution in [3.8, 4) is 11.5 Å². The Morgan fingerprint density at radius 3 is 2.61 bits per heavy atom. The number of carbonyl (C=O) groups is 1. The molecule has 0 atom stereocenters. The minimum atomic E-state index is -0.602. The fraction of sp³-hybridized carbons (Fsp3) is 0.238. The normalized spacial score (nSPS) is 15.0. The third-order valence-corrected chi connectivity index (χ3v) is 4.11. The van der Waals surface area contributed by atoms with E-state index in [0.29, 0.717) is 40.2 Å². The maximum absolute atomic E-state index is 13.1. The highest BCUT2D eigenvalue weighted by atomic mass is 35.5. The highest BCUT2D eigenvalue weighted by Crippen LogP contribution is 2.37. The van der Waals surface area contributed by atoms with Crippen molar-refractivity contribution in [1.82, 2.24) is 0 Å². The Balaban J connectivity index is 1.91. The van der Waals surface area contributed by atoms with E-state index in [1.807, 2.05) is 13.8 Å². The molecule has 0 amide bonds. The zero-order valence-electron chi connectivity index (χ0n) is 15.7. The van der Waals surface area contributed by atoms with Crippen molar-refractivity contribution in [1.29, 1.82) is 0 Å². The topological polar surface area (TPSA) is 57.1 Å². The van der Waals surface area contributed by atoms with Gasteiger partial charge >= 0.3 is 5.97 Å². The summed E-state index contributed by atoms with van der Waals surface area (Å²) in [6, 6.07) is 8.89. The number of aliphatic imine (C=N–C) groups is 1. The number of benzene rings is 2. The fourth-order valence-electron chi connectivity index (χ4n) is 2.50. The van der Waals surface area contributed by atoms with Gasteiger partial charge in [0.15, 0.2) is 17.2 Å². The molecule has 1 aliphatic heterocycles. The molecule has 146 valence electrons. The van der Waals surface area contributed by atoms with Gasteiger partial charge in [-0.05, 0) is 54.0 Å². The molecule has 0 fully saturated rings. The van der Waals surface area contributed by atoms with Crippen LogP contribution in [0.3, 0.4) is 0 Å². The lowest BCUT2D eigenvalue weighted by Crippen LogP contribution is -2.06. The first kappa shape index (κ1) is 19.9. The van der Waals surface area contributed by atoms with E-state index in [4.69, 9.17) is 25.8 Å². The SMILES string of the molecule is COc1cc(/C=C2\N=C(c3ccc(F)cc3)OC2=O)cc(Cl)c1OCC(C)C. The molecule has 7 heteroatoms. The van der Waals surface area contributed by atoms with E-state index in [9.17, 15) is 9.18 Å². The van der Waals surface area contributed by atoms with Gasteiger partial charge in [0.25, 0.3) is 0 Å². The molecule has 0 aromatic heterocycles. The summed E-state index contributed by atoms with van der Waals surface area (Å²) in [4.78, 5) is 16.3. The molecule has 0 aliphatic carbocycles. The summed E-state index contributed by atoms with van der Waals surface area (Å²) in [6.45, 7) is 4.55. The van der Waals surface area contributed by atoms with Crippen molar-refractivity contribution in [2.45, 2.75) is 13.8 Å². The van der Waals surface area contributed by atoms with Gasteiger partial charge in [-0.1, -0.05) is 25.4 Å². The minimum Gasteiger partial charge on any atom is -0.493 e. The molecule has 3 rings (SSSR count). The zero-order valence-corrected chi connectivity index (χ0v) is 16.4. The second-order valence-electron chi connectivity index (χ2n) is 6.58. The van der Waals surface area contributed by atoms with E-state index >= 15 is 0 Å². The van der Waals surface area contributed by atoms with Gasteiger partial charge in [-0.2, -0.15) is 0 Å². The summed E-state index contributed by atoms with van der Waals surface area (Å²) in [5, 5.41) is 0.362. The smallest absolute Gasteiger partial charge is 0.363 e. The number of esters is 1. The van der Waals surface area contributed by atoms with Gasteiger partial charge in [0.2, 0.25) is 5.90 Å².